The molecular formula is C31H39N3O5. The molecule has 3 aromatic carbocycles. The molecule has 0 heterocycles. The fourth-order valence-corrected chi connectivity index (χ4v) is 4.42. The number of likely N-dealkylation sites (N-methyl/N-ethyl adjacent to an activating group) is 1. The largest absolute Gasteiger partial charge is 0.507 e. The van der Waals surface area contributed by atoms with Crippen LogP contribution < -0.4 is 10.6 Å². The first-order valence-corrected chi connectivity index (χ1v) is 13.1. The number of aryl methyl sites for hydroxylation is 1. The van der Waals surface area contributed by atoms with Crippen LogP contribution in [0.3, 0.4) is 0 Å². The standard InChI is InChI=1S/C31H39N3O5/c1-19(2)17-25(33-30(38)39-31(4,5)6)29(37)34(7)26(24-14-10-11-20(3)27(24)35)28(36)32-23-16-15-21-12-8-9-13-22(21)18-23/h8-16,18-19,25-26,35H,17H2,1-7H3,(H,32,36)(H,33,38). The van der Waals surface area contributed by atoms with Crippen LogP contribution in [0.2, 0.25) is 0 Å². The number of amides is 3. The van der Waals surface area contributed by atoms with E-state index >= 15 is 0 Å². The summed E-state index contributed by atoms with van der Waals surface area (Å²) in [6.07, 6.45) is -0.383. The lowest BCUT2D eigenvalue weighted by Crippen LogP contribution is -2.51. The van der Waals surface area contributed by atoms with E-state index in [4.69, 9.17) is 4.74 Å². The molecule has 3 N–H and O–H groups in total. The predicted molar refractivity (Wildman–Crippen MR) is 154 cm³/mol. The quantitative estimate of drug-likeness (QED) is 0.333. The van der Waals surface area contributed by atoms with Crippen molar-refractivity contribution < 1.29 is 24.2 Å². The number of benzene rings is 3. The van der Waals surface area contributed by atoms with Gasteiger partial charge in [0.25, 0.3) is 5.91 Å². The molecule has 0 spiro atoms. The van der Waals surface area contributed by atoms with Gasteiger partial charge in [-0.2, -0.15) is 0 Å². The number of fused-ring (bicyclic) bond motifs is 1. The molecule has 0 saturated carbocycles. The monoisotopic (exact) mass is 533 g/mol. The Morgan fingerprint density at radius 3 is 2.28 bits per heavy atom. The van der Waals surface area contributed by atoms with E-state index in [0.717, 1.165) is 10.8 Å². The molecule has 0 radical (unpaired) electrons. The Morgan fingerprint density at radius 1 is 0.974 bits per heavy atom. The minimum Gasteiger partial charge on any atom is -0.507 e. The van der Waals surface area contributed by atoms with Gasteiger partial charge in [-0.3, -0.25) is 9.59 Å². The third-order valence-corrected chi connectivity index (χ3v) is 6.26. The van der Waals surface area contributed by atoms with Gasteiger partial charge in [0.2, 0.25) is 5.91 Å². The van der Waals surface area contributed by atoms with Crippen LogP contribution in [0, 0.1) is 12.8 Å². The molecule has 8 heteroatoms. The zero-order chi connectivity index (χ0) is 28.9. The van der Waals surface area contributed by atoms with Crippen LogP contribution in [-0.4, -0.2) is 46.6 Å². The summed E-state index contributed by atoms with van der Waals surface area (Å²) in [5.41, 5.74) is 0.673. The van der Waals surface area contributed by atoms with Crippen molar-refractivity contribution in [3.8, 4) is 5.75 Å². The van der Waals surface area contributed by atoms with Crippen molar-refractivity contribution in [1.29, 1.82) is 0 Å². The maximum absolute atomic E-state index is 13.8. The van der Waals surface area contributed by atoms with Gasteiger partial charge in [-0.25, -0.2) is 4.79 Å². The van der Waals surface area contributed by atoms with Crippen LogP contribution in [0.4, 0.5) is 10.5 Å². The van der Waals surface area contributed by atoms with E-state index in [1.165, 1.54) is 11.9 Å². The summed E-state index contributed by atoms with van der Waals surface area (Å²) in [5.74, 6) is -0.979. The highest BCUT2D eigenvalue weighted by Crippen LogP contribution is 2.33. The molecule has 8 nitrogen and oxygen atoms in total. The van der Waals surface area contributed by atoms with Crippen molar-refractivity contribution in [3.05, 3.63) is 71.8 Å². The summed E-state index contributed by atoms with van der Waals surface area (Å²) in [6.45, 7) is 10.8. The van der Waals surface area contributed by atoms with Gasteiger partial charge in [-0.1, -0.05) is 62.4 Å². The SMILES string of the molecule is Cc1cccc(C(C(=O)Nc2ccc3ccccc3c2)N(C)C(=O)C(CC(C)C)NC(=O)OC(C)(C)C)c1O. The van der Waals surface area contributed by atoms with E-state index in [-0.39, 0.29) is 17.2 Å². The Kier molecular flexibility index (Phi) is 9.22. The summed E-state index contributed by atoms with van der Waals surface area (Å²) in [5, 5.41) is 18.5. The summed E-state index contributed by atoms with van der Waals surface area (Å²) >= 11 is 0. The topological polar surface area (TPSA) is 108 Å². The summed E-state index contributed by atoms with van der Waals surface area (Å²) in [4.78, 5) is 41.4. The van der Waals surface area contributed by atoms with Crippen LogP contribution in [0.15, 0.2) is 60.7 Å². The number of hydrogen-bond donors (Lipinski definition) is 3. The van der Waals surface area contributed by atoms with Gasteiger partial charge in [0.1, 0.15) is 23.4 Å². The molecule has 0 aliphatic carbocycles. The van der Waals surface area contributed by atoms with E-state index in [9.17, 15) is 19.5 Å². The molecule has 0 aromatic heterocycles. The number of ether oxygens (including phenoxy) is 1. The Balaban J connectivity index is 1.96. The number of anilines is 1. The molecule has 0 bridgehead atoms. The smallest absolute Gasteiger partial charge is 0.408 e. The second kappa shape index (κ2) is 12.2. The normalized spacial score (nSPS) is 13.0. The number of para-hydroxylation sites is 1. The van der Waals surface area contributed by atoms with Crippen molar-refractivity contribution in [2.45, 2.75) is 65.6 Å². The van der Waals surface area contributed by atoms with Crippen LogP contribution in [0.5, 0.6) is 5.75 Å². The number of alkyl carbamates (subject to hydrolysis) is 1. The van der Waals surface area contributed by atoms with Gasteiger partial charge in [-0.05, 0) is 68.5 Å². The second-order valence-corrected chi connectivity index (χ2v) is 11.2. The molecule has 3 amide bonds. The van der Waals surface area contributed by atoms with Crippen LogP contribution in [0.1, 0.15) is 58.2 Å². The van der Waals surface area contributed by atoms with Gasteiger partial charge < -0.3 is 25.4 Å². The third kappa shape index (κ3) is 7.72. The Labute approximate surface area is 230 Å². The van der Waals surface area contributed by atoms with Crippen molar-refractivity contribution in [2.24, 2.45) is 5.92 Å². The number of phenolic OH excluding ortho intramolecular Hbond substituents is 1. The number of hydrogen-bond acceptors (Lipinski definition) is 5. The molecule has 3 aromatic rings. The molecule has 0 aliphatic rings. The van der Waals surface area contributed by atoms with Crippen LogP contribution in [0.25, 0.3) is 10.8 Å². The van der Waals surface area contributed by atoms with Gasteiger partial charge in [0.15, 0.2) is 0 Å². The van der Waals surface area contributed by atoms with Crippen molar-refractivity contribution in [1.82, 2.24) is 10.2 Å². The molecule has 2 unspecified atom stereocenters. The fourth-order valence-electron chi connectivity index (χ4n) is 4.42. The number of nitrogens with zero attached hydrogens (tertiary/aromatic N) is 1. The van der Waals surface area contributed by atoms with Gasteiger partial charge in [0, 0.05) is 18.3 Å². The number of carbonyl (C=O) groups excluding carboxylic acids is 3. The van der Waals surface area contributed by atoms with Crippen molar-refractivity contribution >= 4 is 34.4 Å². The van der Waals surface area contributed by atoms with Crippen molar-refractivity contribution in [3.63, 3.8) is 0 Å². The van der Waals surface area contributed by atoms with E-state index < -0.39 is 35.6 Å². The highest BCUT2D eigenvalue weighted by atomic mass is 16.6. The molecular weight excluding hydrogens is 494 g/mol. The highest BCUT2D eigenvalue weighted by molar-refractivity contribution is 6.00. The molecule has 39 heavy (non-hydrogen) atoms. The molecule has 3 rings (SSSR count). The van der Waals surface area contributed by atoms with Gasteiger partial charge >= 0.3 is 6.09 Å². The average Bonchev–Trinajstić information content (AvgIpc) is 2.84. The van der Waals surface area contributed by atoms with Gasteiger partial charge in [0.05, 0.1) is 0 Å². The lowest BCUT2D eigenvalue weighted by molar-refractivity contribution is -0.139. The molecule has 0 saturated heterocycles. The molecule has 0 aliphatic heterocycles. The van der Waals surface area contributed by atoms with E-state index in [1.807, 2.05) is 50.2 Å². The molecule has 2 atom stereocenters. The Bertz CT molecular complexity index is 1350. The number of nitrogens with one attached hydrogen (secondary N) is 2. The first-order chi connectivity index (χ1) is 18.3. The second-order valence-electron chi connectivity index (χ2n) is 11.2. The number of phenols is 1. The number of rotatable bonds is 8. The zero-order valence-corrected chi connectivity index (χ0v) is 23.7. The minimum absolute atomic E-state index is 0.0690. The maximum Gasteiger partial charge on any atom is 0.408 e. The van der Waals surface area contributed by atoms with Crippen molar-refractivity contribution in [2.75, 3.05) is 12.4 Å². The van der Waals surface area contributed by atoms with E-state index in [2.05, 4.69) is 10.6 Å². The van der Waals surface area contributed by atoms with Gasteiger partial charge in [-0.15, -0.1) is 0 Å². The van der Waals surface area contributed by atoms with E-state index in [1.54, 1.807) is 52.0 Å². The van der Waals surface area contributed by atoms with Crippen LogP contribution in [-0.2, 0) is 14.3 Å². The maximum atomic E-state index is 13.8. The molecule has 208 valence electrons. The summed E-state index contributed by atoms with van der Waals surface area (Å²) < 4.78 is 5.38. The average molecular weight is 534 g/mol. The third-order valence-electron chi connectivity index (χ3n) is 6.26. The van der Waals surface area contributed by atoms with Crippen LogP contribution >= 0.6 is 0 Å². The number of carbonyl (C=O) groups is 3. The minimum atomic E-state index is -1.17. The summed E-state index contributed by atoms with van der Waals surface area (Å²) in [7, 11) is 1.50. The first-order valence-electron chi connectivity index (χ1n) is 13.1. The Hall–Kier alpha value is -4.07. The lowest BCUT2D eigenvalue weighted by atomic mass is 9.98. The zero-order valence-electron chi connectivity index (χ0n) is 23.7. The highest BCUT2D eigenvalue weighted by Gasteiger charge is 2.36. The first kappa shape index (κ1) is 29.5. The molecule has 0 fully saturated rings. The number of aromatic hydroxyl groups is 1. The lowest BCUT2D eigenvalue weighted by Gasteiger charge is -2.32. The fraction of sp³-hybridized carbons (Fsp3) is 0.387. The Morgan fingerprint density at radius 2 is 1.64 bits per heavy atom. The predicted octanol–water partition coefficient (Wildman–Crippen LogP) is 5.93. The van der Waals surface area contributed by atoms with E-state index in [0.29, 0.717) is 17.7 Å². The summed E-state index contributed by atoms with van der Waals surface area (Å²) in [6, 6.07) is 16.3.